The molecule has 1 aromatic carbocycles. The highest BCUT2D eigenvalue weighted by molar-refractivity contribution is 6.29. The molecule has 0 N–H and O–H groups in total. The zero-order chi connectivity index (χ0) is 13.1. The van der Waals surface area contributed by atoms with Crippen LogP contribution in [-0.2, 0) is 0 Å². The molecule has 0 amide bonds. The van der Waals surface area contributed by atoms with Crippen molar-refractivity contribution >= 4 is 17.7 Å². The smallest absolute Gasteiger partial charge is 0.0444 e. The fourth-order valence-electron chi connectivity index (χ4n) is 2.02. The van der Waals surface area contributed by atoms with Crippen molar-refractivity contribution in [2.45, 2.75) is 5.92 Å². The van der Waals surface area contributed by atoms with E-state index >= 15 is 0 Å². The zero-order valence-corrected chi connectivity index (χ0v) is 10.9. The largest absolute Gasteiger partial charge is 0.650 e. The van der Waals surface area contributed by atoms with E-state index in [9.17, 15) is 0 Å². The summed E-state index contributed by atoms with van der Waals surface area (Å²) in [4.78, 5) is 4.37. The number of hydrogen-bond acceptors (Lipinski definition) is 0. The van der Waals surface area contributed by atoms with Gasteiger partial charge >= 0.3 is 0 Å². The van der Waals surface area contributed by atoms with Crippen molar-refractivity contribution in [1.82, 2.24) is 4.98 Å². The van der Waals surface area contributed by atoms with E-state index in [4.69, 9.17) is 11.6 Å². The third-order valence-electron chi connectivity index (χ3n) is 2.93. The van der Waals surface area contributed by atoms with Crippen LogP contribution >= 0.6 is 11.6 Å². The van der Waals surface area contributed by atoms with Crippen LogP contribution in [0.1, 0.15) is 22.7 Å². The van der Waals surface area contributed by atoms with Crippen LogP contribution in [0.25, 0.3) is 6.08 Å². The molecule has 0 fully saturated rings. The number of nitrogens with zero attached hydrogens (tertiary/aromatic N) is 1. The highest BCUT2D eigenvalue weighted by Crippen LogP contribution is 2.26. The van der Waals surface area contributed by atoms with Crippen LogP contribution in [-0.4, -0.2) is 0 Å². The molecule has 1 nitrogen and oxygen atoms in total. The minimum absolute atomic E-state index is 0.0160. The molecule has 0 saturated carbocycles. The number of halogens is 1. The van der Waals surface area contributed by atoms with Crippen LogP contribution in [0.5, 0.6) is 0 Å². The van der Waals surface area contributed by atoms with Gasteiger partial charge in [0.2, 0.25) is 0 Å². The Balaban J connectivity index is 1.96. The summed E-state index contributed by atoms with van der Waals surface area (Å²) in [7, 11) is 0. The fourth-order valence-corrected chi connectivity index (χ4v) is 2.23. The van der Waals surface area contributed by atoms with Gasteiger partial charge in [-0.05, 0) is 17.7 Å². The van der Waals surface area contributed by atoms with Crippen molar-refractivity contribution in [3.63, 3.8) is 0 Å². The van der Waals surface area contributed by atoms with E-state index in [1.54, 1.807) is 0 Å². The highest BCUT2D eigenvalue weighted by atomic mass is 35.5. The Morgan fingerprint density at radius 2 is 1.95 bits per heavy atom. The second-order valence-electron chi connectivity index (χ2n) is 4.28. The van der Waals surface area contributed by atoms with Gasteiger partial charge in [0.25, 0.3) is 0 Å². The van der Waals surface area contributed by atoms with Crippen LogP contribution in [0, 0.1) is 11.8 Å². The molecular weight excluding hydrogens is 254 g/mol. The lowest BCUT2D eigenvalue weighted by Gasteiger charge is -2.13. The monoisotopic (exact) mass is 264 g/mol. The number of rotatable bonds is 0. The van der Waals surface area contributed by atoms with Crippen molar-refractivity contribution in [3.05, 3.63) is 76.6 Å². The first-order chi connectivity index (χ1) is 9.33. The summed E-state index contributed by atoms with van der Waals surface area (Å²) in [6, 6.07) is 11.8. The summed E-state index contributed by atoms with van der Waals surface area (Å²) in [5.41, 5.74) is 2.98. The number of benzene rings is 1. The van der Waals surface area contributed by atoms with Crippen molar-refractivity contribution in [2.24, 2.45) is 0 Å². The number of fused-ring (bicyclic) bond motifs is 1. The molecule has 92 valence electrons. The van der Waals surface area contributed by atoms with Crippen LogP contribution in [0.3, 0.4) is 0 Å². The van der Waals surface area contributed by atoms with Crippen LogP contribution in [0.4, 0.5) is 0 Å². The Morgan fingerprint density at radius 1 is 1.11 bits per heavy atom. The average Bonchev–Trinajstić information content (AvgIpc) is 2.70. The molecule has 1 heterocycles. The average molecular weight is 265 g/mol. The lowest BCUT2D eigenvalue weighted by Crippen LogP contribution is -1.95. The second kappa shape index (κ2) is 5.22. The van der Waals surface area contributed by atoms with Crippen molar-refractivity contribution < 1.29 is 0 Å². The van der Waals surface area contributed by atoms with Gasteiger partial charge in [-0.15, -0.1) is 17.3 Å². The maximum Gasteiger partial charge on any atom is 0.0444 e. The first kappa shape index (κ1) is 11.9. The summed E-state index contributed by atoms with van der Waals surface area (Å²) < 4.78 is 0. The Labute approximate surface area is 117 Å². The fraction of sp³-hybridized carbons (Fsp3) is 0.0588. The summed E-state index contributed by atoms with van der Waals surface area (Å²) in [6.07, 6.45) is 8.04. The van der Waals surface area contributed by atoms with E-state index in [2.05, 4.69) is 16.8 Å². The Kier molecular flexibility index (Phi) is 3.27. The second-order valence-corrected chi connectivity index (χ2v) is 4.66. The summed E-state index contributed by atoms with van der Waals surface area (Å²) in [5, 5.41) is 0.525. The third kappa shape index (κ3) is 2.65. The molecule has 1 aliphatic rings. The van der Waals surface area contributed by atoms with Crippen LogP contribution in [0.2, 0.25) is 5.15 Å². The molecule has 1 aromatic heterocycles. The normalized spacial score (nSPS) is 16.4. The summed E-state index contributed by atoms with van der Waals surface area (Å²) >= 11 is 5.97. The topological polar surface area (TPSA) is 14.1 Å². The molecule has 0 spiro atoms. The van der Waals surface area contributed by atoms with E-state index in [1.807, 2.05) is 60.7 Å². The molecular formula is C17H11ClN-. The Hall–Kier alpha value is -2.17. The van der Waals surface area contributed by atoms with Gasteiger partial charge in [-0.25, -0.2) is 0 Å². The van der Waals surface area contributed by atoms with E-state index in [0.29, 0.717) is 5.15 Å². The maximum atomic E-state index is 5.97. The van der Waals surface area contributed by atoms with E-state index in [1.165, 1.54) is 0 Å². The molecule has 0 saturated heterocycles. The highest BCUT2D eigenvalue weighted by Gasteiger charge is 2.06. The van der Waals surface area contributed by atoms with Crippen molar-refractivity contribution in [1.29, 1.82) is 0 Å². The van der Waals surface area contributed by atoms with E-state index in [-0.39, 0.29) is 5.92 Å². The Morgan fingerprint density at radius 3 is 2.79 bits per heavy atom. The molecule has 1 unspecified atom stereocenters. The summed E-state index contributed by atoms with van der Waals surface area (Å²) in [5.74, 6) is 6.41. The van der Waals surface area contributed by atoms with E-state index < -0.39 is 0 Å². The molecule has 0 bridgehead atoms. The quantitative estimate of drug-likeness (QED) is 0.656. The zero-order valence-electron chi connectivity index (χ0n) is 10.2. The van der Waals surface area contributed by atoms with Gasteiger partial charge in [-0.2, -0.15) is 0 Å². The Bertz CT molecular complexity index is 696. The number of hydrogen-bond donors (Lipinski definition) is 0. The molecule has 2 heteroatoms. The minimum atomic E-state index is -0.0160. The van der Waals surface area contributed by atoms with Gasteiger partial charge in [0.05, 0.1) is 0 Å². The predicted molar refractivity (Wildman–Crippen MR) is 79.0 cm³/mol. The van der Waals surface area contributed by atoms with Gasteiger partial charge < -0.3 is 4.98 Å². The van der Waals surface area contributed by atoms with Gasteiger partial charge in [-0.3, -0.25) is 0 Å². The summed E-state index contributed by atoms with van der Waals surface area (Å²) in [6.45, 7) is 0. The number of allylic oxidation sites excluding steroid dienone is 3. The lowest BCUT2D eigenvalue weighted by molar-refractivity contribution is 1.03. The standard InChI is InChI=1S/C17H11ClN/c18-16-12-15-9-5-4-8-14(17(15)19-16)11-10-13-6-2-1-3-7-13/h1-9,12,14H/q-1. The van der Waals surface area contributed by atoms with Gasteiger partial charge in [0.15, 0.2) is 0 Å². The lowest BCUT2D eigenvalue weighted by atomic mass is 10.0. The SMILES string of the molecule is Clc1cc2c([n-]1)C(C#Cc1ccccc1)C=CC=C2. The van der Waals surface area contributed by atoms with Crippen molar-refractivity contribution in [2.75, 3.05) is 0 Å². The van der Waals surface area contributed by atoms with Gasteiger partial charge in [0.1, 0.15) is 0 Å². The first-order valence-corrected chi connectivity index (χ1v) is 6.45. The number of aromatic nitrogens is 1. The first-order valence-electron chi connectivity index (χ1n) is 6.07. The predicted octanol–water partition coefficient (Wildman–Crippen LogP) is 4.02. The van der Waals surface area contributed by atoms with Gasteiger partial charge in [-0.1, -0.05) is 65.6 Å². The van der Waals surface area contributed by atoms with E-state index in [0.717, 1.165) is 16.8 Å². The molecule has 1 atom stereocenters. The molecule has 2 aromatic rings. The van der Waals surface area contributed by atoms with Gasteiger partial charge in [0, 0.05) is 11.5 Å². The third-order valence-corrected chi connectivity index (χ3v) is 3.12. The molecule has 19 heavy (non-hydrogen) atoms. The molecule has 3 rings (SSSR count). The minimum Gasteiger partial charge on any atom is -0.650 e. The van der Waals surface area contributed by atoms with Crippen LogP contribution < -0.4 is 4.98 Å². The maximum absolute atomic E-state index is 5.97. The molecule has 0 aliphatic heterocycles. The van der Waals surface area contributed by atoms with Crippen molar-refractivity contribution in [3.8, 4) is 11.8 Å². The van der Waals surface area contributed by atoms with Crippen LogP contribution in [0.15, 0.2) is 54.6 Å². The molecule has 1 aliphatic carbocycles. The molecule has 0 radical (unpaired) electrons.